The van der Waals surface area contributed by atoms with Crippen molar-refractivity contribution in [1.82, 2.24) is 4.98 Å². The van der Waals surface area contributed by atoms with E-state index >= 15 is 0 Å². The summed E-state index contributed by atoms with van der Waals surface area (Å²) in [6, 6.07) is 1.83. The summed E-state index contributed by atoms with van der Waals surface area (Å²) in [5, 5.41) is 0. The number of carbonyl (C=O) groups excluding carboxylic acids is 1. The van der Waals surface area contributed by atoms with Gasteiger partial charge in [-0.15, -0.1) is 0 Å². The summed E-state index contributed by atoms with van der Waals surface area (Å²) in [6.45, 7) is 0. The summed E-state index contributed by atoms with van der Waals surface area (Å²) in [5.74, 6) is -0.412. The number of hydrogen-bond acceptors (Lipinski definition) is 2. The molecule has 1 aliphatic rings. The number of fused-ring (bicyclic) bond motifs is 1. The molecule has 1 amide bonds. The van der Waals surface area contributed by atoms with Gasteiger partial charge in [-0.1, -0.05) is 6.08 Å². The van der Waals surface area contributed by atoms with Crippen LogP contribution in [0.15, 0.2) is 18.3 Å². The van der Waals surface area contributed by atoms with Crippen LogP contribution in [-0.2, 0) is 6.42 Å². The number of nitrogens with two attached hydrogens (primary N) is 1. The standard InChI is InChI=1S/C10H10N2O/c11-10(13)8-5-7-3-1-2-4-9(7)12-6-8/h2,4-6H,1,3H2,(H2,11,13). The van der Waals surface area contributed by atoms with E-state index in [1.807, 2.05) is 12.1 Å². The Labute approximate surface area is 76.3 Å². The monoisotopic (exact) mass is 174 g/mol. The predicted octanol–water partition coefficient (Wildman–Crippen LogP) is 1.14. The van der Waals surface area contributed by atoms with Gasteiger partial charge in [0.1, 0.15) is 0 Å². The van der Waals surface area contributed by atoms with Crippen molar-refractivity contribution in [3.8, 4) is 0 Å². The largest absolute Gasteiger partial charge is 0.366 e. The lowest BCUT2D eigenvalue weighted by atomic mass is 10.0. The van der Waals surface area contributed by atoms with Crippen LogP contribution >= 0.6 is 0 Å². The van der Waals surface area contributed by atoms with E-state index in [4.69, 9.17) is 5.73 Å². The average Bonchev–Trinajstić information content (AvgIpc) is 2.17. The Bertz CT molecular complexity index is 383. The van der Waals surface area contributed by atoms with Crippen LogP contribution in [0.3, 0.4) is 0 Å². The molecule has 0 aromatic carbocycles. The van der Waals surface area contributed by atoms with Gasteiger partial charge in [-0.2, -0.15) is 0 Å². The zero-order valence-corrected chi connectivity index (χ0v) is 7.16. The van der Waals surface area contributed by atoms with Crippen LogP contribution in [0.5, 0.6) is 0 Å². The third kappa shape index (κ3) is 1.45. The Morgan fingerprint density at radius 3 is 3.15 bits per heavy atom. The molecule has 0 saturated carbocycles. The highest BCUT2D eigenvalue weighted by atomic mass is 16.1. The molecular formula is C10H10N2O. The van der Waals surface area contributed by atoms with Gasteiger partial charge in [0.15, 0.2) is 0 Å². The molecule has 0 radical (unpaired) electrons. The van der Waals surface area contributed by atoms with E-state index in [0.29, 0.717) is 5.56 Å². The second-order valence-corrected chi connectivity index (χ2v) is 3.07. The molecule has 2 rings (SSSR count). The van der Waals surface area contributed by atoms with Gasteiger partial charge in [0.05, 0.1) is 11.3 Å². The van der Waals surface area contributed by atoms with Crippen LogP contribution < -0.4 is 5.73 Å². The Morgan fingerprint density at radius 1 is 1.54 bits per heavy atom. The Hall–Kier alpha value is -1.64. The first kappa shape index (κ1) is 7.98. The normalized spacial score (nSPS) is 13.8. The highest BCUT2D eigenvalue weighted by Gasteiger charge is 2.08. The smallest absolute Gasteiger partial charge is 0.250 e. The van der Waals surface area contributed by atoms with E-state index in [9.17, 15) is 4.79 Å². The second-order valence-electron chi connectivity index (χ2n) is 3.07. The lowest BCUT2D eigenvalue weighted by Gasteiger charge is -2.09. The van der Waals surface area contributed by atoms with E-state index in [1.54, 1.807) is 0 Å². The molecule has 2 N–H and O–H groups in total. The quantitative estimate of drug-likeness (QED) is 0.694. The zero-order valence-electron chi connectivity index (χ0n) is 7.16. The van der Waals surface area contributed by atoms with Crippen molar-refractivity contribution >= 4 is 12.0 Å². The van der Waals surface area contributed by atoms with Crippen molar-refractivity contribution in [2.75, 3.05) is 0 Å². The molecule has 3 heteroatoms. The number of nitrogens with zero attached hydrogens (tertiary/aromatic N) is 1. The van der Waals surface area contributed by atoms with E-state index in [-0.39, 0.29) is 0 Å². The third-order valence-corrected chi connectivity index (χ3v) is 2.14. The van der Waals surface area contributed by atoms with Gasteiger partial charge in [-0.25, -0.2) is 0 Å². The third-order valence-electron chi connectivity index (χ3n) is 2.14. The van der Waals surface area contributed by atoms with Gasteiger partial charge < -0.3 is 5.73 Å². The van der Waals surface area contributed by atoms with Crippen LogP contribution in [-0.4, -0.2) is 10.9 Å². The highest BCUT2D eigenvalue weighted by Crippen LogP contribution is 2.17. The van der Waals surface area contributed by atoms with Crippen LogP contribution in [0.25, 0.3) is 6.08 Å². The fraction of sp³-hybridized carbons (Fsp3) is 0.200. The fourth-order valence-corrected chi connectivity index (χ4v) is 1.44. The SMILES string of the molecule is NC(=O)c1cnc2c(c1)CCC=C2. The summed E-state index contributed by atoms with van der Waals surface area (Å²) < 4.78 is 0. The highest BCUT2D eigenvalue weighted by molar-refractivity contribution is 5.92. The Balaban J connectivity index is 2.48. The minimum Gasteiger partial charge on any atom is -0.366 e. The van der Waals surface area contributed by atoms with Crippen LogP contribution in [0.2, 0.25) is 0 Å². The minimum absolute atomic E-state index is 0.412. The van der Waals surface area contributed by atoms with Crippen molar-refractivity contribution in [2.45, 2.75) is 12.8 Å². The number of aryl methyl sites for hydroxylation is 1. The topological polar surface area (TPSA) is 56.0 Å². The van der Waals surface area contributed by atoms with Gasteiger partial charge in [0.25, 0.3) is 0 Å². The number of pyridine rings is 1. The summed E-state index contributed by atoms with van der Waals surface area (Å²) in [7, 11) is 0. The van der Waals surface area contributed by atoms with Crippen molar-refractivity contribution in [3.63, 3.8) is 0 Å². The van der Waals surface area contributed by atoms with Crippen LogP contribution in [0.1, 0.15) is 28.0 Å². The predicted molar refractivity (Wildman–Crippen MR) is 50.1 cm³/mol. The van der Waals surface area contributed by atoms with Gasteiger partial charge in [-0.3, -0.25) is 9.78 Å². The van der Waals surface area contributed by atoms with Crippen molar-refractivity contribution in [3.05, 3.63) is 35.2 Å². The molecule has 1 aromatic heterocycles. The number of hydrogen-bond donors (Lipinski definition) is 1. The molecule has 1 heterocycles. The Morgan fingerprint density at radius 2 is 2.38 bits per heavy atom. The van der Waals surface area contributed by atoms with Crippen molar-refractivity contribution in [1.29, 1.82) is 0 Å². The van der Waals surface area contributed by atoms with Crippen molar-refractivity contribution < 1.29 is 4.79 Å². The molecule has 1 aromatic rings. The van der Waals surface area contributed by atoms with Crippen LogP contribution in [0.4, 0.5) is 0 Å². The molecule has 3 nitrogen and oxygen atoms in total. The number of carbonyl (C=O) groups is 1. The molecule has 0 fully saturated rings. The first-order valence-electron chi connectivity index (χ1n) is 4.22. The van der Waals surface area contributed by atoms with Gasteiger partial charge in [-0.05, 0) is 30.5 Å². The summed E-state index contributed by atoms with van der Waals surface area (Å²) in [4.78, 5) is 15.0. The molecule has 0 aliphatic heterocycles. The molecule has 1 aliphatic carbocycles. The number of aromatic nitrogens is 1. The molecule has 66 valence electrons. The molecule has 13 heavy (non-hydrogen) atoms. The lowest BCUT2D eigenvalue weighted by molar-refractivity contribution is 0.1000. The van der Waals surface area contributed by atoms with Gasteiger partial charge >= 0.3 is 0 Å². The first-order valence-corrected chi connectivity index (χ1v) is 4.22. The summed E-state index contributed by atoms with van der Waals surface area (Å²) in [6.07, 6.45) is 7.54. The van der Waals surface area contributed by atoms with Gasteiger partial charge in [0, 0.05) is 6.20 Å². The van der Waals surface area contributed by atoms with Gasteiger partial charge in [0.2, 0.25) is 5.91 Å². The van der Waals surface area contributed by atoms with E-state index in [1.165, 1.54) is 6.20 Å². The maximum Gasteiger partial charge on any atom is 0.250 e. The van der Waals surface area contributed by atoms with Crippen molar-refractivity contribution in [2.24, 2.45) is 5.73 Å². The fourth-order valence-electron chi connectivity index (χ4n) is 1.44. The van der Waals surface area contributed by atoms with E-state index in [0.717, 1.165) is 24.1 Å². The zero-order chi connectivity index (χ0) is 9.26. The maximum atomic E-state index is 10.9. The number of primary amides is 1. The van der Waals surface area contributed by atoms with E-state index in [2.05, 4.69) is 11.1 Å². The molecule has 0 unspecified atom stereocenters. The number of allylic oxidation sites excluding steroid dienone is 1. The number of amides is 1. The molecule has 0 atom stereocenters. The Kier molecular flexibility index (Phi) is 1.85. The van der Waals surface area contributed by atoms with E-state index < -0.39 is 5.91 Å². The maximum absolute atomic E-state index is 10.9. The first-order chi connectivity index (χ1) is 6.27. The molecule has 0 saturated heterocycles. The minimum atomic E-state index is -0.412. The molecule has 0 spiro atoms. The lowest BCUT2D eigenvalue weighted by Crippen LogP contribution is -2.12. The van der Waals surface area contributed by atoms with Crippen LogP contribution in [0, 0.1) is 0 Å². The second kappa shape index (κ2) is 3.01. The molecule has 0 bridgehead atoms. The number of rotatable bonds is 1. The average molecular weight is 174 g/mol. The summed E-state index contributed by atoms with van der Waals surface area (Å²) >= 11 is 0. The molecular weight excluding hydrogens is 164 g/mol. The summed E-state index contributed by atoms with van der Waals surface area (Å²) in [5.41, 5.74) is 7.71.